The normalized spacial score (nSPS) is 35.3. The molecule has 0 amide bonds. The summed E-state index contributed by atoms with van der Waals surface area (Å²) >= 11 is 0. The van der Waals surface area contributed by atoms with E-state index < -0.39 is 13.5 Å². The van der Waals surface area contributed by atoms with Crippen molar-refractivity contribution in [2.45, 2.75) is 46.3 Å². The van der Waals surface area contributed by atoms with Crippen LogP contribution in [0.3, 0.4) is 0 Å². The molecule has 0 bridgehead atoms. The van der Waals surface area contributed by atoms with Gasteiger partial charge in [0, 0.05) is 0 Å². The number of hydrogen-bond donors (Lipinski definition) is 0. The zero-order chi connectivity index (χ0) is 14.5. The Morgan fingerprint density at radius 1 is 1.42 bits per heavy atom. The third-order valence-corrected chi connectivity index (χ3v) is 5.68. The molecule has 0 spiro atoms. The molecule has 2 aliphatic rings. The van der Waals surface area contributed by atoms with Gasteiger partial charge < -0.3 is 0 Å². The van der Waals surface area contributed by atoms with Crippen LogP contribution in [0.5, 0.6) is 0 Å². The molecule has 0 radical (unpaired) electrons. The standard InChI is InChI=1S/C16H23NOSi/c1-15(2)9-8-14(18)16(11-17)12(6-7-13(15)16)10-19(3,4)5/h8-10,13H,6-7H2,1-5H3/b12-10+/t13-,16-/m0/s1. The lowest BCUT2D eigenvalue weighted by atomic mass is 9.59. The van der Waals surface area contributed by atoms with Gasteiger partial charge in [-0.3, -0.25) is 4.79 Å². The lowest BCUT2D eigenvalue weighted by Gasteiger charge is -2.41. The van der Waals surface area contributed by atoms with Crippen LogP contribution in [-0.2, 0) is 4.79 Å². The Bertz CT molecular complexity index is 516. The number of nitriles is 1. The molecule has 0 aromatic carbocycles. The number of nitrogens with zero attached hydrogens (tertiary/aromatic N) is 1. The summed E-state index contributed by atoms with van der Waals surface area (Å²) in [6.45, 7) is 11.1. The summed E-state index contributed by atoms with van der Waals surface area (Å²) in [5, 5.41) is 9.79. The predicted molar refractivity (Wildman–Crippen MR) is 80.1 cm³/mol. The zero-order valence-corrected chi connectivity index (χ0v) is 13.6. The summed E-state index contributed by atoms with van der Waals surface area (Å²) in [6.07, 6.45) is 5.49. The van der Waals surface area contributed by atoms with Crippen LogP contribution in [0, 0.1) is 28.1 Å². The van der Waals surface area contributed by atoms with Crippen molar-refractivity contribution in [3.05, 3.63) is 23.4 Å². The number of allylic oxidation sites excluding steroid dienone is 3. The van der Waals surface area contributed by atoms with Gasteiger partial charge in [-0.2, -0.15) is 5.26 Å². The van der Waals surface area contributed by atoms with Crippen molar-refractivity contribution >= 4 is 13.9 Å². The Morgan fingerprint density at radius 2 is 2.05 bits per heavy atom. The van der Waals surface area contributed by atoms with E-state index in [1.54, 1.807) is 6.08 Å². The topological polar surface area (TPSA) is 40.9 Å². The molecule has 0 saturated heterocycles. The first kappa shape index (κ1) is 14.3. The fourth-order valence-corrected chi connectivity index (χ4v) is 5.07. The van der Waals surface area contributed by atoms with E-state index in [2.05, 4.69) is 45.3 Å². The van der Waals surface area contributed by atoms with Crippen LogP contribution < -0.4 is 0 Å². The SMILES string of the molecule is CC1(C)C=CC(=O)[C@@]2(C#N)/C(=C/[Si](C)(C)C)CC[C@@H]12. The predicted octanol–water partition coefficient (Wildman–Crippen LogP) is 3.88. The minimum atomic E-state index is -1.43. The summed E-state index contributed by atoms with van der Waals surface area (Å²) in [4.78, 5) is 12.5. The minimum Gasteiger partial charge on any atom is -0.293 e. The van der Waals surface area contributed by atoms with Gasteiger partial charge in [0.25, 0.3) is 0 Å². The van der Waals surface area contributed by atoms with Crippen LogP contribution in [0.25, 0.3) is 0 Å². The Balaban J connectivity index is 2.61. The van der Waals surface area contributed by atoms with Crippen molar-refractivity contribution in [3.8, 4) is 6.07 Å². The first-order chi connectivity index (χ1) is 8.63. The largest absolute Gasteiger partial charge is 0.293 e. The molecule has 0 aromatic heterocycles. The molecule has 2 aliphatic carbocycles. The second kappa shape index (κ2) is 4.18. The summed E-state index contributed by atoms with van der Waals surface area (Å²) in [5.74, 6) is 0.131. The van der Waals surface area contributed by atoms with Gasteiger partial charge in [-0.05, 0) is 35.8 Å². The van der Waals surface area contributed by atoms with E-state index in [-0.39, 0.29) is 17.1 Å². The van der Waals surface area contributed by atoms with Crippen LogP contribution in [0.1, 0.15) is 26.7 Å². The number of fused-ring (bicyclic) bond motifs is 1. The van der Waals surface area contributed by atoms with Gasteiger partial charge in [-0.15, -0.1) is 0 Å². The van der Waals surface area contributed by atoms with Crippen molar-refractivity contribution in [2.24, 2.45) is 16.7 Å². The molecule has 102 valence electrons. The van der Waals surface area contributed by atoms with Gasteiger partial charge in [-0.25, -0.2) is 0 Å². The average molecular weight is 273 g/mol. The fourth-order valence-electron chi connectivity index (χ4n) is 3.65. The van der Waals surface area contributed by atoms with E-state index in [1.807, 2.05) is 6.08 Å². The molecule has 2 rings (SSSR count). The smallest absolute Gasteiger partial charge is 0.180 e. The van der Waals surface area contributed by atoms with E-state index in [1.165, 1.54) is 0 Å². The maximum atomic E-state index is 12.5. The summed E-state index contributed by atoms with van der Waals surface area (Å²) in [5.41, 5.74) is 2.43. The van der Waals surface area contributed by atoms with Gasteiger partial charge in [-0.1, -0.05) is 45.3 Å². The van der Waals surface area contributed by atoms with E-state index >= 15 is 0 Å². The fraction of sp³-hybridized carbons (Fsp3) is 0.625. The maximum absolute atomic E-state index is 12.5. The summed E-state index contributed by atoms with van der Waals surface area (Å²) < 4.78 is 0. The van der Waals surface area contributed by atoms with Gasteiger partial charge >= 0.3 is 0 Å². The highest BCUT2D eigenvalue weighted by atomic mass is 28.3. The van der Waals surface area contributed by atoms with Gasteiger partial charge in [0.2, 0.25) is 0 Å². The molecule has 2 atom stereocenters. The Labute approximate surface area is 117 Å². The Kier molecular flexibility index (Phi) is 3.14. The van der Waals surface area contributed by atoms with Crippen LogP contribution in [0.2, 0.25) is 19.6 Å². The number of hydrogen-bond acceptors (Lipinski definition) is 2. The molecule has 0 aromatic rings. The van der Waals surface area contributed by atoms with E-state index in [4.69, 9.17) is 0 Å². The second-order valence-corrected chi connectivity index (χ2v) is 12.6. The third kappa shape index (κ3) is 2.12. The second-order valence-electron chi connectivity index (χ2n) is 7.57. The van der Waals surface area contributed by atoms with Gasteiger partial charge in [0.05, 0.1) is 14.1 Å². The highest BCUT2D eigenvalue weighted by molar-refractivity contribution is 6.81. The first-order valence-electron chi connectivity index (χ1n) is 7.00. The minimum absolute atomic E-state index is 0.00123. The van der Waals surface area contributed by atoms with E-state index in [9.17, 15) is 10.1 Å². The highest BCUT2D eigenvalue weighted by Crippen LogP contribution is 2.58. The third-order valence-electron chi connectivity index (χ3n) is 4.47. The monoisotopic (exact) mass is 273 g/mol. The number of carbonyl (C=O) groups excluding carboxylic acids is 1. The molecule has 0 heterocycles. The first-order valence-corrected chi connectivity index (χ1v) is 10.6. The summed E-state index contributed by atoms with van der Waals surface area (Å²) in [6, 6.07) is 2.41. The molecule has 19 heavy (non-hydrogen) atoms. The molecule has 0 N–H and O–H groups in total. The van der Waals surface area contributed by atoms with Crippen molar-refractivity contribution in [3.63, 3.8) is 0 Å². The van der Waals surface area contributed by atoms with Gasteiger partial charge in [0.1, 0.15) is 5.41 Å². The zero-order valence-electron chi connectivity index (χ0n) is 12.6. The summed E-state index contributed by atoms with van der Waals surface area (Å²) in [7, 11) is -1.43. The Morgan fingerprint density at radius 3 is 2.58 bits per heavy atom. The molecule has 1 saturated carbocycles. The molecule has 3 heteroatoms. The van der Waals surface area contributed by atoms with E-state index in [0.29, 0.717) is 0 Å². The van der Waals surface area contributed by atoms with Crippen molar-refractivity contribution in [1.29, 1.82) is 5.26 Å². The van der Waals surface area contributed by atoms with E-state index in [0.717, 1.165) is 18.4 Å². The van der Waals surface area contributed by atoms with Crippen LogP contribution in [0.4, 0.5) is 0 Å². The quantitative estimate of drug-likeness (QED) is 0.680. The number of ketones is 1. The molecule has 0 aliphatic heterocycles. The van der Waals surface area contributed by atoms with Crippen LogP contribution in [-0.4, -0.2) is 13.9 Å². The highest BCUT2D eigenvalue weighted by Gasteiger charge is 2.58. The molecular formula is C16H23NOSi. The van der Waals surface area contributed by atoms with Crippen molar-refractivity contribution in [1.82, 2.24) is 0 Å². The van der Waals surface area contributed by atoms with Crippen molar-refractivity contribution < 1.29 is 4.79 Å². The lowest BCUT2D eigenvalue weighted by molar-refractivity contribution is -0.123. The van der Waals surface area contributed by atoms with Gasteiger partial charge in [0.15, 0.2) is 5.78 Å². The maximum Gasteiger partial charge on any atom is 0.180 e. The van der Waals surface area contributed by atoms with Crippen molar-refractivity contribution in [2.75, 3.05) is 0 Å². The number of rotatable bonds is 1. The average Bonchev–Trinajstić information content (AvgIpc) is 2.63. The molecule has 1 fully saturated rings. The van der Waals surface area contributed by atoms with Crippen LogP contribution >= 0.6 is 0 Å². The van der Waals surface area contributed by atoms with Crippen LogP contribution in [0.15, 0.2) is 23.4 Å². The molecule has 0 unspecified atom stereocenters. The lowest BCUT2D eigenvalue weighted by Crippen LogP contribution is -2.44. The molecular weight excluding hydrogens is 250 g/mol. The molecule has 2 nitrogen and oxygen atoms in total. The number of carbonyl (C=O) groups is 1. The Hall–Kier alpha value is -1.14.